The molecule has 5 nitrogen and oxygen atoms in total. The largest absolute Gasteiger partial charge is 0.465 e. The number of hydrogen-bond donors (Lipinski definition) is 2. The zero-order chi connectivity index (χ0) is 13.1. The van der Waals surface area contributed by atoms with Crippen molar-refractivity contribution in [1.29, 1.82) is 0 Å². The third-order valence-electron chi connectivity index (χ3n) is 2.90. The van der Waals surface area contributed by atoms with Gasteiger partial charge in [0.2, 0.25) is 5.91 Å². The van der Waals surface area contributed by atoms with Gasteiger partial charge in [0.05, 0.1) is 13.0 Å². The zero-order valence-corrected chi connectivity index (χ0v) is 10.4. The average molecular weight is 248 g/mol. The van der Waals surface area contributed by atoms with Crippen molar-refractivity contribution in [3.8, 4) is 0 Å². The molecule has 0 fully saturated rings. The Kier molecular flexibility index (Phi) is 3.62. The number of amides is 1. The summed E-state index contributed by atoms with van der Waals surface area (Å²) in [4.78, 5) is 23.0. The molecule has 18 heavy (non-hydrogen) atoms. The minimum atomic E-state index is -0.494. The van der Waals surface area contributed by atoms with E-state index in [0.29, 0.717) is 13.0 Å². The van der Waals surface area contributed by atoms with Crippen LogP contribution in [0.2, 0.25) is 0 Å². The summed E-state index contributed by atoms with van der Waals surface area (Å²) < 4.78 is 5.01. The van der Waals surface area contributed by atoms with E-state index in [1.54, 1.807) is 14.0 Å². The first-order valence-electron chi connectivity index (χ1n) is 5.92. The van der Waals surface area contributed by atoms with E-state index in [4.69, 9.17) is 4.74 Å². The highest BCUT2D eigenvalue weighted by molar-refractivity contribution is 5.99. The van der Waals surface area contributed by atoms with Gasteiger partial charge in [0.25, 0.3) is 0 Å². The van der Waals surface area contributed by atoms with Crippen molar-refractivity contribution in [2.24, 2.45) is 0 Å². The van der Waals surface area contributed by atoms with Crippen molar-refractivity contribution >= 4 is 17.6 Å². The molecule has 0 saturated carbocycles. The third-order valence-corrected chi connectivity index (χ3v) is 2.90. The molecule has 0 aliphatic carbocycles. The van der Waals surface area contributed by atoms with Crippen LogP contribution in [0.5, 0.6) is 0 Å². The fourth-order valence-electron chi connectivity index (χ4n) is 2.07. The average Bonchev–Trinajstić information content (AvgIpc) is 2.69. The van der Waals surface area contributed by atoms with Gasteiger partial charge in [0.1, 0.15) is 6.04 Å². The summed E-state index contributed by atoms with van der Waals surface area (Å²) in [6, 6.07) is 5.01. The molecule has 96 valence electrons. The van der Waals surface area contributed by atoms with E-state index < -0.39 is 6.04 Å². The van der Waals surface area contributed by atoms with E-state index in [0.717, 1.165) is 16.8 Å². The molecule has 0 bridgehead atoms. The van der Waals surface area contributed by atoms with Gasteiger partial charge in [-0.25, -0.2) is 4.79 Å². The molecule has 1 amide bonds. The van der Waals surface area contributed by atoms with Gasteiger partial charge < -0.3 is 15.4 Å². The molecule has 1 unspecified atom stereocenters. The van der Waals surface area contributed by atoms with Gasteiger partial charge in [-0.2, -0.15) is 0 Å². The highest BCUT2D eigenvalue weighted by atomic mass is 16.5. The molecule has 1 atom stereocenters. The molecule has 2 rings (SSSR count). The van der Waals surface area contributed by atoms with Gasteiger partial charge in [-0.3, -0.25) is 4.79 Å². The standard InChI is InChI=1S/C13H16N2O3/c1-3-18-13(17)12(14-2)8-4-5-10-9(6-8)7-11(16)15-10/h4-6,12,14H,3,7H2,1-2H3,(H,15,16). The molecular weight excluding hydrogens is 232 g/mol. The van der Waals surface area contributed by atoms with Crippen LogP contribution in [0, 0.1) is 0 Å². The molecule has 1 aliphatic rings. The summed E-state index contributed by atoms with van der Waals surface area (Å²) in [6.45, 7) is 2.12. The van der Waals surface area contributed by atoms with Crippen LogP contribution in [0.3, 0.4) is 0 Å². The summed E-state index contributed by atoms with van der Waals surface area (Å²) in [5, 5.41) is 5.69. The maximum atomic E-state index is 11.8. The first-order chi connectivity index (χ1) is 8.65. The monoisotopic (exact) mass is 248 g/mol. The Morgan fingerprint density at radius 3 is 3.00 bits per heavy atom. The number of hydrogen-bond acceptors (Lipinski definition) is 4. The summed E-state index contributed by atoms with van der Waals surface area (Å²) in [6.07, 6.45) is 0.364. The summed E-state index contributed by atoms with van der Waals surface area (Å²) in [5.74, 6) is -0.323. The topological polar surface area (TPSA) is 67.4 Å². The molecule has 0 saturated heterocycles. The molecule has 1 aliphatic heterocycles. The van der Waals surface area contributed by atoms with Crippen molar-refractivity contribution in [2.75, 3.05) is 19.0 Å². The third kappa shape index (κ3) is 2.36. The highest BCUT2D eigenvalue weighted by Crippen LogP contribution is 2.26. The van der Waals surface area contributed by atoms with Gasteiger partial charge in [0.15, 0.2) is 0 Å². The van der Waals surface area contributed by atoms with Crippen LogP contribution >= 0.6 is 0 Å². The smallest absolute Gasteiger partial charge is 0.327 e. The highest BCUT2D eigenvalue weighted by Gasteiger charge is 2.23. The van der Waals surface area contributed by atoms with Gasteiger partial charge in [-0.05, 0) is 31.2 Å². The number of nitrogens with one attached hydrogen (secondary N) is 2. The van der Waals surface area contributed by atoms with Gasteiger partial charge >= 0.3 is 5.97 Å². The fourth-order valence-corrected chi connectivity index (χ4v) is 2.07. The number of carbonyl (C=O) groups is 2. The van der Waals surface area contributed by atoms with Crippen molar-refractivity contribution in [2.45, 2.75) is 19.4 Å². The fraction of sp³-hybridized carbons (Fsp3) is 0.385. The lowest BCUT2D eigenvalue weighted by molar-refractivity contribution is -0.145. The van der Waals surface area contributed by atoms with Crippen LogP contribution in [-0.4, -0.2) is 25.5 Å². The lowest BCUT2D eigenvalue weighted by Crippen LogP contribution is -2.27. The number of ether oxygens (including phenoxy) is 1. The lowest BCUT2D eigenvalue weighted by Gasteiger charge is -2.15. The normalized spacial score (nSPS) is 14.9. The minimum absolute atomic E-state index is 0.0145. The number of fused-ring (bicyclic) bond motifs is 1. The second-order valence-electron chi connectivity index (χ2n) is 4.12. The van der Waals surface area contributed by atoms with Crippen molar-refractivity contribution in [3.63, 3.8) is 0 Å². The first-order valence-corrected chi connectivity index (χ1v) is 5.92. The quantitative estimate of drug-likeness (QED) is 0.780. The van der Waals surface area contributed by atoms with Gasteiger partial charge in [-0.15, -0.1) is 0 Å². The number of anilines is 1. The molecule has 5 heteroatoms. The molecule has 1 aromatic carbocycles. The second-order valence-corrected chi connectivity index (χ2v) is 4.12. The molecular formula is C13H16N2O3. The molecule has 1 aromatic rings. The first kappa shape index (κ1) is 12.6. The van der Waals surface area contributed by atoms with E-state index in [9.17, 15) is 9.59 Å². The zero-order valence-electron chi connectivity index (χ0n) is 10.4. The van der Waals surface area contributed by atoms with Crippen molar-refractivity contribution < 1.29 is 14.3 Å². The Bertz CT molecular complexity index is 485. The van der Waals surface area contributed by atoms with E-state index >= 15 is 0 Å². The van der Waals surface area contributed by atoms with Crippen LogP contribution in [0.1, 0.15) is 24.1 Å². The predicted octanol–water partition coefficient (Wildman–Crippen LogP) is 1.00. The number of benzene rings is 1. The molecule has 0 radical (unpaired) electrons. The Morgan fingerprint density at radius 1 is 1.56 bits per heavy atom. The summed E-state index contributed by atoms with van der Waals surface area (Å²) in [5.41, 5.74) is 2.55. The van der Waals surface area contributed by atoms with Crippen molar-refractivity contribution in [3.05, 3.63) is 29.3 Å². The van der Waals surface area contributed by atoms with Crippen molar-refractivity contribution in [1.82, 2.24) is 5.32 Å². The number of esters is 1. The molecule has 0 aromatic heterocycles. The lowest BCUT2D eigenvalue weighted by atomic mass is 10.0. The minimum Gasteiger partial charge on any atom is -0.465 e. The molecule has 0 spiro atoms. The second kappa shape index (κ2) is 5.18. The van der Waals surface area contributed by atoms with Crippen LogP contribution in [0.25, 0.3) is 0 Å². The Balaban J connectivity index is 2.25. The van der Waals surface area contributed by atoms with Gasteiger partial charge in [0, 0.05) is 5.69 Å². The molecule has 1 heterocycles. The van der Waals surface area contributed by atoms with E-state index in [2.05, 4.69) is 10.6 Å². The SMILES string of the molecule is CCOC(=O)C(NC)c1ccc2c(c1)CC(=O)N2. The molecule has 2 N–H and O–H groups in total. The Hall–Kier alpha value is -1.88. The number of likely N-dealkylation sites (N-methyl/N-ethyl adjacent to an activating group) is 1. The van der Waals surface area contributed by atoms with Gasteiger partial charge in [-0.1, -0.05) is 12.1 Å². The summed E-state index contributed by atoms with van der Waals surface area (Å²) in [7, 11) is 1.71. The number of carbonyl (C=O) groups excluding carboxylic acids is 2. The predicted molar refractivity (Wildman–Crippen MR) is 67.2 cm³/mol. The number of rotatable bonds is 4. The van der Waals surface area contributed by atoms with E-state index in [1.165, 1.54) is 0 Å². The van der Waals surface area contributed by atoms with Crippen LogP contribution in [-0.2, 0) is 20.7 Å². The van der Waals surface area contributed by atoms with E-state index in [1.807, 2.05) is 18.2 Å². The Morgan fingerprint density at radius 2 is 2.33 bits per heavy atom. The van der Waals surface area contributed by atoms with Crippen LogP contribution < -0.4 is 10.6 Å². The maximum Gasteiger partial charge on any atom is 0.327 e. The van der Waals surface area contributed by atoms with Crippen LogP contribution in [0.4, 0.5) is 5.69 Å². The summed E-state index contributed by atoms with van der Waals surface area (Å²) >= 11 is 0. The van der Waals surface area contributed by atoms with E-state index in [-0.39, 0.29) is 11.9 Å². The Labute approximate surface area is 106 Å². The van der Waals surface area contributed by atoms with Crippen LogP contribution in [0.15, 0.2) is 18.2 Å². The maximum absolute atomic E-state index is 11.8.